The summed E-state index contributed by atoms with van der Waals surface area (Å²) in [6.07, 6.45) is 3.68. The molecule has 1 rings (SSSR count). The Morgan fingerprint density at radius 3 is 2.40 bits per heavy atom. The van der Waals surface area contributed by atoms with Crippen LogP contribution in [0.15, 0.2) is 36.9 Å². The molecule has 0 radical (unpaired) electrons. The number of rotatable bonds is 6. The highest BCUT2D eigenvalue weighted by molar-refractivity contribution is 5.96. The lowest BCUT2D eigenvalue weighted by molar-refractivity contribution is 0.0959. The van der Waals surface area contributed by atoms with Crippen LogP contribution < -0.4 is 10.1 Å². The lowest BCUT2D eigenvalue weighted by atomic mass is 10.2. The van der Waals surface area contributed by atoms with Gasteiger partial charge in [0.15, 0.2) is 0 Å². The smallest absolute Gasteiger partial charge is 0.254 e. The van der Waals surface area contributed by atoms with Crippen molar-refractivity contribution < 1.29 is 9.53 Å². The van der Waals surface area contributed by atoms with Gasteiger partial charge < -0.3 is 10.1 Å². The average Bonchev–Trinajstić information content (AvgIpc) is 2.55. The van der Waals surface area contributed by atoms with Crippen molar-refractivity contribution >= 4 is 5.91 Å². The highest BCUT2D eigenvalue weighted by Gasteiger charge is 2.09. The largest absolute Gasteiger partial charge is 0.493 e. The summed E-state index contributed by atoms with van der Waals surface area (Å²) in [7, 11) is 1.61. The van der Waals surface area contributed by atoms with Gasteiger partial charge in [0, 0.05) is 7.05 Å². The van der Waals surface area contributed by atoms with Gasteiger partial charge in [-0.15, -0.1) is 6.58 Å². The molecule has 0 aliphatic heterocycles. The predicted octanol–water partition coefficient (Wildman–Crippen LogP) is 4.44. The van der Waals surface area contributed by atoms with E-state index in [1.165, 1.54) is 0 Å². The maximum atomic E-state index is 11.5. The molecule has 20 heavy (non-hydrogen) atoms. The third kappa shape index (κ3) is 8.35. The number of hydrogen-bond donors (Lipinski definition) is 1. The van der Waals surface area contributed by atoms with Gasteiger partial charge in [-0.3, -0.25) is 4.79 Å². The Morgan fingerprint density at radius 2 is 1.85 bits per heavy atom. The molecule has 0 atom stereocenters. The number of benzene rings is 1. The minimum atomic E-state index is -0.126. The Bertz CT molecular complexity index is 362. The number of nitrogens with one attached hydrogen (secondary N) is 1. The van der Waals surface area contributed by atoms with Crippen LogP contribution >= 0.6 is 0 Å². The van der Waals surface area contributed by atoms with E-state index < -0.39 is 0 Å². The Kier molecular flexibility index (Phi) is 15.7. The van der Waals surface area contributed by atoms with Crippen molar-refractivity contribution in [3.8, 4) is 5.75 Å². The second-order valence-electron chi connectivity index (χ2n) is 3.35. The van der Waals surface area contributed by atoms with Crippen molar-refractivity contribution in [2.45, 2.75) is 40.5 Å². The van der Waals surface area contributed by atoms with E-state index in [0.29, 0.717) is 17.9 Å². The lowest BCUT2D eigenvalue weighted by Crippen LogP contribution is -2.18. The quantitative estimate of drug-likeness (QED) is 0.617. The van der Waals surface area contributed by atoms with E-state index in [0.717, 1.165) is 12.8 Å². The highest BCUT2D eigenvalue weighted by atomic mass is 16.5. The van der Waals surface area contributed by atoms with Crippen LogP contribution in [0, 0.1) is 0 Å². The maximum Gasteiger partial charge on any atom is 0.254 e. The third-order valence-corrected chi connectivity index (χ3v) is 2.17. The van der Waals surface area contributed by atoms with Crippen LogP contribution in [0.25, 0.3) is 0 Å². The van der Waals surface area contributed by atoms with Gasteiger partial charge in [-0.1, -0.05) is 45.9 Å². The van der Waals surface area contributed by atoms with Gasteiger partial charge >= 0.3 is 0 Å². The van der Waals surface area contributed by atoms with Gasteiger partial charge in [0.1, 0.15) is 5.75 Å². The molecule has 0 bridgehead atoms. The molecular weight excluding hydrogens is 250 g/mol. The number of amides is 1. The summed E-state index contributed by atoms with van der Waals surface area (Å²) in [5.74, 6) is 0.505. The molecule has 114 valence electrons. The number of carbonyl (C=O) groups is 1. The number of hydrogen-bond acceptors (Lipinski definition) is 2. The molecule has 0 unspecified atom stereocenters. The molecule has 0 aliphatic carbocycles. The summed E-state index contributed by atoms with van der Waals surface area (Å²) in [6, 6.07) is 7.23. The van der Waals surface area contributed by atoms with Crippen molar-refractivity contribution in [3.05, 3.63) is 42.5 Å². The molecule has 0 heterocycles. The fourth-order valence-electron chi connectivity index (χ4n) is 1.32. The summed E-state index contributed by atoms with van der Waals surface area (Å²) in [4.78, 5) is 11.5. The zero-order chi connectivity index (χ0) is 15.8. The standard InChI is InChI=1S/C13H17NO2.2C2H6/c1-3-4-7-10-16-12-9-6-5-8-11(12)13(15)14-2;2*1-2/h3,5-6,8-9H,1,4,7,10H2,2H3,(H,14,15);2*1-2H3. The number of carbonyl (C=O) groups excluding carboxylic acids is 1. The first-order valence-electron chi connectivity index (χ1n) is 7.34. The zero-order valence-electron chi connectivity index (χ0n) is 13.5. The molecule has 1 aromatic carbocycles. The molecule has 0 aromatic heterocycles. The monoisotopic (exact) mass is 279 g/mol. The predicted molar refractivity (Wildman–Crippen MR) is 87.5 cm³/mol. The van der Waals surface area contributed by atoms with Gasteiger partial charge in [-0.05, 0) is 25.0 Å². The molecule has 0 saturated heterocycles. The second-order valence-corrected chi connectivity index (χ2v) is 3.35. The fraction of sp³-hybridized carbons (Fsp3) is 0.471. The minimum Gasteiger partial charge on any atom is -0.493 e. The van der Waals surface area contributed by atoms with Crippen molar-refractivity contribution in [1.82, 2.24) is 5.32 Å². The van der Waals surface area contributed by atoms with Gasteiger partial charge in [0.2, 0.25) is 0 Å². The number of para-hydroxylation sites is 1. The number of allylic oxidation sites excluding steroid dienone is 1. The first-order valence-corrected chi connectivity index (χ1v) is 7.34. The summed E-state index contributed by atoms with van der Waals surface area (Å²) >= 11 is 0. The van der Waals surface area contributed by atoms with Crippen LogP contribution in [0.4, 0.5) is 0 Å². The Hall–Kier alpha value is -1.77. The third-order valence-electron chi connectivity index (χ3n) is 2.17. The SMILES string of the molecule is C=CCCCOc1ccccc1C(=O)NC.CC.CC. The van der Waals surface area contributed by atoms with Crippen LogP contribution in [-0.2, 0) is 0 Å². The van der Waals surface area contributed by atoms with Crippen molar-refractivity contribution in [2.75, 3.05) is 13.7 Å². The first kappa shape index (κ1) is 20.5. The molecule has 0 aliphatic rings. The molecule has 3 nitrogen and oxygen atoms in total. The molecule has 3 heteroatoms. The number of unbranched alkanes of at least 4 members (excludes halogenated alkanes) is 1. The highest BCUT2D eigenvalue weighted by Crippen LogP contribution is 2.17. The molecule has 0 saturated carbocycles. The van der Waals surface area contributed by atoms with E-state index in [-0.39, 0.29) is 5.91 Å². The van der Waals surface area contributed by atoms with Crippen molar-refractivity contribution in [1.29, 1.82) is 0 Å². The van der Waals surface area contributed by atoms with Crippen LogP contribution in [-0.4, -0.2) is 19.6 Å². The van der Waals surface area contributed by atoms with Crippen molar-refractivity contribution in [3.63, 3.8) is 0 Å². The Balaban J connectivity index is 0. The van der Waals surface area contributed by atoms with Crippen LogP contribution in [0.3, 0.4) is 0 Å². The van der Waals surface area contributed by atoms with E-state index in [1.807, 2.05) is 45.9 Å². The normalized spacial score (nSPS) is 8.25. The molecule has 1 aromatic rings. The van der Waals surface area contributed by atoms with Crippen LogP contribution in [0.5, 0.6) is 5.75 Å². The van der Waals surface area contributed by atoms with Crippen molar-refractivity contribution in [2.24, 2.45) is 0 Å². The molecule has 0 spiro atoms. The number of ether oxygens (including phenoxy) is 1. The Labute approximate surface area is 124 Å². The summed E-state index contributed by atoms with van der Waals surface area (Å²) in [5.41, 5.74) is 0.573. The van der Waals surface area contributed by atoms with Crippen LogP contribution in [0.2, 0.25) is 0 Å². The maximum absolute atomic E-state index is 11.5. The molecule has 1 amide bonds. The second kappa shape index (κ2) is 15.3. The van der Waals surface area contributed by atoms with Gasteiger partial charge in [-0.25, -0.2) is 0 Å². The van der Waals surface area contributed by atoms with Crippen LogP contribution in [0.1, 0.15) is 50.9 Å². The molecular formula is C17H29NO2. The van der Waals surface area contributed by atoms with E-state index in [4.69, 9.17) is 4.74 Å². The average molecular weight is 279 g/mol. The van der Waals surface area contributed by atoms with E-state index in [9.17, 15) is 4.79 Å². The topological polar surface area (TPSA) is 38.3 Å². The summed E-state index contributed by atoms with van der Waals surface area (Å²) in [5, 5.41) is 2.59. The summed E-state index contributed by atoms with van der Waals surface area (Å²) < 4.78 is 5.55. The van der Waals surface area contributed by atoms with Gasteiger partial charge in [0.25, 0.3) is 5.91 Å². The lowest BCUT2D eigenvalue weighted by Gasteiger charge is -2.09. The molecule has 0 fully saturated rings. The summed E-state index contributed by atoms with van der Waals surface area (Å²) in [6.45, 7) is 12.2. The molecule has 1 N–H and O–H groups in total. The van der Waals surface area contributed by atoms with E-state index >= 15 is 0 Å². The van der Waals surface area contributed by atoms with E-state index in [1.54, 1.807) is 19.2 Å². The fourth-order valence-corrected chi connectivity index (χ4v) is 1.32. The Morgan fingerprint density at radius 1 is 1.25 bits per heavy atom. The van der Waals surface area contributed by atoms with Gasteiger partial charge in [0.05, 0.1) is 12.2 Å². The van der Waals surface area contributed by atoms with Gasteiger partial charge in [-0.2, -0.15) is 0 Å². The first-order chi connectivity index (χ1) is 9.79. The minimum absolute atomic E-state index is 0.126. The zero-order valence-corrected chi connectivity index (χ0v) is 13.5. The van der Waals surface area contributed by atoms with E-state index in [2.05, 4.69) is 11.9 Å².